The zero-order valence-electron chi connectivity index (χ0n) is 13.4. The maximum atomic E-state index is 4.86. The fraction of sp³-hybridized carbons (Fsp3) is 0.500. The predicted molar refractivity (Wildman–Crippen MR) is 87.2 cm³/mol. The van der Waals surface area contributed by atoms with E-state index in [1.165, 1.54) is 22.2 Å². The number of nitrogens with one attached hydrogen (secondary N) is 1. The lowest BCUT2D eigenvalue weighted by Crippen LogP contribution is -2.17. The molecule has 1 aromatic carbocycles. The highest BCUT2D eigenvalue weighted by molar-refractivity contribution is 5.83. The van der Waals surface area contributed by atoms with Gasteiger partial charge in [0, 0.05) is 23.0 Å². The molecule has 0 aliphatic rings. The Labute approximate surface area is 122 Å². The summed E-state index contributed by atoms with van der Waals surface area (Å²) in [5.41, 5.74) is 5.10. The fourth-order valence-corrected chi connectivity index (χ4v) is 2.35. The van der Waals surface area contributed by atoms with Crippen molar-refractivity contribution in [2.24, 2.45) is 0 Å². The van der Waals surface area contributed by atoms with Gasteiger partial charge in [0.25, 0.3) is 0 Å². The molecule has 1 aromatic heterocycles. The van der Waals surface area contributed by atoms with Crippen LogP contribution in [-0.4, -0.2) is 11.5 Å². The van der Waals surface area contributed by atoms with Crippen molar-refractivity contribution in [3.8, 4) is 0 Å². The smallest absolute Gasteiger partial charge is 0.0709 e. The van der Waals surface area contributed by atoms with E-state index >= 15 is 0 Å². The summed E-state index contributed by atoms with van der Waals surface area (Å²) in [5.74, 6) is 0. The second-order valence-corrected chi connectivity index (χ2v) is 6.40. The number of hydrogen-bond acceptors (Lipinski definition) is 2. The number of benzene rings is 1. The largest absolute Gasteiger partial charge is 0.313 e. The van der Waals surface area contributed by atoms with Crippen LogP contribution in [0, 0.1) is 0 Å². The van der Waals surface area contributed by atoms with Crippen molar-refractivity contribution in [2.45, 2.75) is 53.0 Å². The predicted octanol–water partition coefficient (Wildman–Crippen LogP) is 4.20. The second kappa shape index (κ2) is 5.92. The molecule has 0 unspecified atom stereocenters. The Hall–Kier alpha value is -1.41. The highest BCUT2D eigenvalue weighted by atomic mass is 14.8. The minimum atomic E-state index is 0.0819. The summed E-state index contributed by atoms with van der Waals surface area (Å²) in [4.78, 5) is 4.86. The lowest BCUT2D eigenvalue weighted by molar-refractivity contribution is 0.569. The average molecular weight is 270 g/mol. The number of rotatable bonds is 4. The van der Waals surface area contributed by atoms with Gasteiger partial charge in [-0.1, -0.05) is 40.7 Å². The molecule has 0 atom stereocenters. The third-order valence-electron chi connectivity index (χ3n) is 3.70. The normalized spacial score (nSPS) is 12.1. The molecule has 0 radical (unpaired) electrons. The topological polar surface area (TPSA) is 24.9 Å². The Morgan fingerprint density at radius 3 is 2.45 bits per heavy atom. The number of hydrogen-bond donors (Lipinski definition) is 1. The van der Waals surface area contributed by atoms with E-state index in [2.05, 4.69) is 64.2 Å². The van der Waals surface area contributed by atoms with Gasteiger partial charge in [0.2, 0.25) is 0 Å². The van der Waals surface area contributed by atoms with Gasteiger partial charge in [0.05, 0.1) is 5.52 Å². The molecule has 2 nitrogen and oxygen atoms in total. The van der Waals surface area contributed by atoms with Gasteiger partial charge in [-0.3, -0.25) is 4.98 Å². The highest BCUT2D eigenvalue weighted by Crippen LogP contribution is 2.27. The molecule has 1 N–H and O–H groups in total. The van der Waals surface area contributed by atoms with Gasteiger partial charge >= 0.3 is 0 Å². The van der Waals surface area contributed by atoms with E-state index in [4.69, 9.17) is 4.98 Å². The van der Waals surface area contributed by atoms with Gasteiger partial charge in [0.15, 0.2) is 0 Å². The van der Waals surface area contributed by atoms with E-state index in [1.807, 2.05) is 0 Å². The zero-order chi connectivity index (χ0) is 14.8. The summed E-state index contributed by atoms with van der Waals surface area (Å²) in [6.07, 6.45) is 1.07. The first kappa shape index (κ1) is 15.0. The van der Waals surface area contributed by atoms with Gasteiger partial charge < -0.3 is 5.32 Å². The van der Waals surface area contributed by atoms with Crippen LogP contribution in [0.2, 0.25) is 0 Å². The van der Waals surface area contributed by atoms with E-state index in [0.717, 1.165) is 25.0 Å². The Bertz CT molecular complexity index is 594. The summed E-state index contributed by atoms with van der Waals surface area (Å²) in [7, 11) is 0. The number of nitrogens with zero attached hydrogens (tertiary/aromatic N) is 1. The Morgan fingerprint density at radius 1 is 1.10 bits per heavy atom. The molecule has 20 heavy (non-hydrogen) atoms. The second-order valence-electron chi connectivity index (χ2n) is 6.40. The van der Waals surface area contributed by atoms with E-state index < -0.39 is 0 Å². The molecular weight excluding hydrogens is 244 g/mol. The molecular formula is C18H26N2. The van der Waals surface area contributed by atoms with Crippen LogP contribution >= 0.6 is 0 Å². The Morgan fingerprint density at radius 2 is 1.85 bits per heavy atom. The van der Waals surface area contributed by atoms with Crippen molar-refractivity contribution in [1.29, 1.82) is 0 Å². The number of aryl methyl sites for hydroxylation is 1. The molecule has 0 saturated heterocycles. The van der Waals surface area contributed by atoms with Crippen molar-refractivity contribution in [3.05, 3.63) is 41.1 Å². The number of fused-ring (bicyclic) bond motifs is 1. The molecule has 1 heterocycles. The van der Waals surface area contributed by atoms with Crippen LogP contribution in [-0.2, 0) is 18.4 Å². The van der Waals surface area contributed by atoms with Crippen LogP contribution in [0.3, 0.4) is 0 Å². The van der Waals surface area contributed by atoms with Gasteiger partial charge in [-0.15, -0.1) is 0 Å². The van der Waals surface area contributed by atoms with Crippen molar-refractivity contribution in [3.63, 3.8) is 0 Å². The minimum absolute atomic E-state index is 0.0819. The molecule has 0 saturated carbocycles. The molecule has 0 spiro atoms. The fourth-order valence-electron chi connectivity index (χ4n) is 2.35. The molecule has 108 valence electrons. The molecule has 2 aromatic rings. The first-order valence-corrected chi connectivity index (χ1v) is 7.59. The third kappa shape index (κ3) is 3.18. The lowest BCUT2D eigenvalue weighted by Gasteiger charge is -2.20. The summed E-state index contributed by atoms with van der Waals surface area (Å²) in [5, 5.41) is 4.74. The summed E-state index contributed by atoms with van der Waals surface area (Å²) in [6.45, 7) is 12.9. The van der Waals surface area contributed by atoms with Crippen LogP contribution in [0.15, 0.2) is 24.3 Å². The van der Waals surface area contributed by atoms with Crippen molar-refractivity contribution in [1.82, 2.24) is 10.3 Å². The zero-order valence-corrected chi connectivity index (χ0v) is 13.4. The van der Waals surface area contributed by atoms with Crippen molar-refractivity contribution in [2.75, 3.05) is 6.54 Å². The molecule has 0 aliphatic heterocycles. The lowest BCUT2D eigenvalue weighted by atomic mass is 9.89. The average Bonchev–Trinajstić information content (AvgIpc) is 2.42. The van der Waals surface area contributed by atoms with Gasteiger partial charge in [-0.2, -0.15) is 0 Å². The Balaban J connectivity index is 2.61. The summed E-state index contributed by atoms with van der Waals surface area (Å²) >= 11 is 0. The quantitative estimate of drug-likeness (QED) is 0.900. The number of aromatic nitrogens is 1. The summed E-state index contributed by atoms with van der Waals surface area (Å²) in [6, 6.07) is 8.92. The van der Waals surface area contributed by atoms with Crippen LogP contribution in [0.4, 0.5) is 0 Å². The maximum Gasteiger partial charge on any atom is 0.0709 e. The highest BCUT2D eigenvalue weighted by Gasteiger charge is 2.17. The molecule has 2 rings (SSSR count). The SMILES string of the molecule is CCNCc1cc(C(C)(C)C)nc2ccc(CC)cc12. The molecule has 0 amide bonds. The minimum Gasteiger partial charge on any atom is -0.313 e. The maximum absolute atomic E-state index is 4.86. The van der Waals surface area contributed by atoms with Gasteiger partial charge in [-0.05, 0) is 42.3 Å². The van der Waals surface area contributed by atoms with E-state index in [9.17, 15) is 0 Å². The standard InChI is InChI=1S/C18H26N2/c1-6-13-8-9-16-15(10-13)14(12-19-7-2)11-17(20-16)18(3,4)5/h8-11,19H,6-7,12H2,1-5H3. The van der Waals surface area contributed by atoms with Crippen LogP contribution in [0.5, 0.6) is 0 Å². The monoisotopic (exact) mass is 270 g/mol. The summed E-state index contributed by atoms with van der Waals surface area (Å²) < 4.78 is 0. The first-order chi connectivity index (χ1) is 9.45. The molecule has 0 bridgehead atoms. The van der Waals surface area contributed by atoms with Crippen molar-refractivity contribution < 1.29 is 0 Å². The van der Waals surface area contributed by atoms with Crippen LogP contribution < -0.4 is 5.32 Å². The van der Waals surface area contributed by atoms with Crippen molar-refractivity contribution >= 4 is 10.9 Å². The first-order valence-electron chi connectivity index (χ1n) is 7.59. The van der Waals surface area contributed by atoms with Crippen LogP contribution in [0.25, 0.3) is 10.9 Å². The van der Waals surface area contributed by atoms with Gasteiger partial charge in [-0.25, -0.2) is 0 Å². The van der Waals surface area contributed by atoms with E-state index in [1.54, 1.807) is 0 Å². The Kier molecular flexibility index (Phi) is 4.44. The molecule has 2 heteroatoms. The molecule has 0 aliphatic carbocycles. The van der Waals surface area contributed by atoms with Gasteiger partial charge in [0.1, 0.15) is 0 Å². The molecule has 0 fully saturated rings. The van der Waals surface area contributed by atoms with E-state index in [0.29, 0.717) is 0 Å². The van der Waals surface area contributed by atoms with E-state index in [-0.39, 0.29) is 5.41 Å². The number of pyridine rings is 1. The van der Waals surface area contributed by atoms with Crippen LogP contribution in [0.1, 0.15) is 51.4 Å². The third-order valence-corrected chi connectivity index (χ3v) is 3.70.